The van der Waals surface area contributed by atoms with Crippen molar-refractivity contribution >= 4 is 0 Å². The number of benzene rings is 1. The van der Waals surface area contributed by atoms with Crippen LogP contribution in [0.5, 0.6) is 11.5 Å². The fraction of sp³-hybridized carbons (Fsp3) is 0.769. The summed E-state index contributed by atoms with van der Waals surface area (Å²) >= 11 is 0. The highest BCUT2D eigenvalue weighted by molar-refractivity contribution is 5.63. The molecule has 8 rings (SSSR count). The van der Waals surface area contributed by atoms with Gasteiger partial charge in [-0.2, -0.15) is 0 Å². The Balaban J connectivity index is 1.49. The lowest BCUT2D eigenvalue weighted by molar-refractivity contribution is -0.300. The highest BCUT2D eigenvalue weighted by Gasteiger charge is 2.81. The summed E-state index contributed by atoms with van der Waals surface area (Å²) in [6.07, 6.45) is 7.72. The quantitative estimate of drug-likeness (QED) is 0.774. The van der Waals surface area contributed by atoms with Gasteiger partial charge in [-0.15, -0.1) is 0 Å². The molecule has 5 nitrogen and oxygen atoms in total. The average molecular weight is 426 g/mol. The van der Waals surface area contributed by atoms with E-state index < -0.39 is 11.2 Å². The number of hydrogen-bond donors (Lipinski definition) is 2. The zero-order valence-corrected chi connectivity index (χ0v) is 19.0. The van der Waals surface area contributed by atoms with Gasteiger partial charge in [0.1, 0.15) is 11.7 Å². The summed E-state index contributed by atoms with van der Waals surface area (Å²) in [6.45, 7) is 6.23. The van der Waals surface area contributed by atoms with E-state index in [1.807, 2.05) is 27.0 Å². The molecule has 0 aromatic heterocycles. The molecule has 1 aromatic carbocycles. The predicted molar refractivity (Wildman–Crippen MR) is 116 cm³/mol. The van der Waals surface area contributed by atoms with Gasteiger partial charge in [0.25, 0.3) is 0 Å². The summed E-state index contributed by atoms with van der Waals surface area (Å²) in [6, 6.07) is 4.46. The molecule has 6 atom stereocenters. The standard InChI is InChI=1S/C26H35NO4/c1-23(2,29)18-13-24-8-9-26(18,30-3)22-25(24)10-11-27(14-15-4-5-15)19(24)12-16-6-7-17(28)21(31-22)20(16)25/h6-7,15,18-19,22,28-29H,4-5,8-14H2,1-3H3/t18-,19?,22?,24?,25+,26?/m1/s1. The number of likely N-dealkylation sites (tertiary alicyclic amines) is 1. The lowest BCUT2D eigenvalue weighted by Crippen LogP contribution is -2.82. The third-order valence-electron chi connectivity index (χ3n) is 10.5. The molecule has 31 heavy (non-hydrogen) atoms. The number of ether oxygens (including phenoxy) is 2. The van der Waals surface area contributed by atoms with E-state index >= 15 is 0 Å². The number of methoxy groups -OCH3 is 1. The second-order valence-electron chi connectivity index (χ2n) is 12.1. The zero-order chi connectivity index (χ0) is 21.4. The molecule has 0 amide bonds. The first-order valence-corrected chi connectivity index (χ1v) is 12.3. The van der Waals surface area contributed by atoms with Gasteiger partial charge in [0.2, 0.25) is 0 Å². The third-order valence-corrected chi connectivity index (χ3v) is 10.5. The van der Waals surface area contributed by atoms with Gasteiger partial charge in [0.05, 0.1) is 5.60 Å². The van der Waals surface area contributed by atoms with Gasteiger partial charge in [-0.05, 0) is 82.9 Å². The van der Waals surface area contributed by atoms with Crippen molar-refractivity contribution in [1.82, 2.24) is 4.90 Å². The summed E-state index contributed by atoms with van der Waals surface area (Å²) in [5.41, 5.74) is 1.24. The first kappa shape index (κ1) is 19.2. The van der Waals surface area contributed by atoms with Crippen LogP contribution in [0.25, 0.3) is 0 Å². The second kappa shape index (κ2) is 5.60. The van der Waals surface area contributed by atoms with Crippen LogP contribution in [0.2, 0.25) is 0 Å². The van der Waals surface area contributed by atoms with Crippen molar-refractivity contribution in [3.63, 3.8) is 0 Å². The number of phenols is 1. The maximum absolute atomic E-state index is 11.4. The van der Waals surface area contributed by atoms with Crippen molar-refractivity contribution in [2.24, 2.45) is 17.3 Å². The Bertz CT molecular complexity index is 967. The van der Waals surface area contributed by atoms with Crippen LogP contribution < -0.4 is 4.74 Å². The van der Waals surface area contributed by atoms with Crippen molar-refractivity contribution < 1.29 is 19.7 Å². The Morgan fingerprint density at radius 3 is 2.74 bits per heavy atom. The number of rotatable bonds is 4. The third kappa shape index (κ3) is 2.02. The molecule has 1 aromatic rings. The maximum Gasteiger partial charge on any atom is 0.165 e. The van der Waals surface area contributed by atoms with Crippen LogP contribution in [0.3, 0.4) is 0 Å². The van der Waals surface area contributed by atoms with Crippen LogP contribution >= 0.6 is 0 Å². The number of nitrogens with zero attached hydrogens (tertiary/aromatic N) is 1. The molecule has 168 valence electrons. The van der Waals surface area contributed by atoms with Gasteiger partial charge in [-0.1, -0.05) is 6.07 Å². The monoisotopic (exact) mass is 425 g/mol. The Morgan fingerprint density at radius 1 is 1.23 bits per heavy atom. The van der Waals surface area contributed by atoms with Crippen LogP contribution in [0.15, 0.2) is 12.1 Å². The van der Waals surface area contributed by atoms with Crippen molar-refractivity contribution in [2.45, 2.75) is 87.6 Å². The van der Waals surface area contributed by atoms with Crippen molar-refractivity contribution in [1.29, 1.82) is 0 Å². The Hall–Kier alpha value is -1.30. The van der Waals surface area contributed by atoms with E-state index in [2.05, 4.69) is 11.0 Å². The van der Waals surface area contributed by atoms with E-state index in [0.29, 0.717) is 11.8 Å². The van der Waals surface area contributed by atoms with E-state index in [0.717, 1.165) is 44.6 Å². The maximum atomic E-state index is 11.4. The number of phenolic OH excluding ortho intramolecular Hbond substituents is 1. The molecule has 1 saturated heterocycles. The Morgan fingerprint density at radius 2 is 2.03 bits per heavy atom. The molecule has 5 aliphatic carbocycles. The minimum absolute atomic E-state index is 0.0123. The van der Waals surface area contributed by atoms with E-state index in [1.54, 1.807) is 0 Å². The first-order valence-electron chi connectivity index (χ1n) is 12.3. The van der Waals surface area contributed by atoms with Gasteiger partial charge in [-0.3, -0.25) is 4.90 Å². The van der Waals surface area contributed by atoms with Gasteiger partial charge >= 0.3 is 0 Å². The van der Waals surface area contributed by atoms with Gasteiger partial charge in [0, 0.05) is 42.0 Å². The smallest absolute Gasteiger partial charge is 0.165 e. The fourth-order valence-corrected chi connectivity index (χ4v) is 9.23. The molecule has 5 heteroatoms. The van der Waals surface area contributed by atoms with Crippen LogP contribution in [-0.2, 0) is 16.6 Å². The highest BCUT2D eigenvalue weighted by Crippen LogP contribution is 2.77. The largest absolute Gasteiger partial charge is 0.504 e. The molecule has 4 unspecified atom stereocenters. The van der Waals surface area contributed by atoms with Crippen LogP contribution in [-0.4, -0.2) is 58.7 Å². The van der Waals surface area contributed by atoms with E-state index in [-0.39, 0.29) is 28.6 Å². The molecule has 7 aliphatic rings. The van der Waals surface area contributed by atoms with Crippen molar-refractivity contribution in [2.75, 3.05) is 20.2 Å². The molecule has 4 bridgehead atoms. The van der Waals surface area contributed by atoms with Crippen molar-refractivity contribution in [3.8, 4) is 11.5 Å². The van der Waals surface area contributed by atoms with E-state index in [1.165, 1.54) is 30.5 Å². The van der Waals surface area contributed by atoms with Crippen LogP contribution in [0.1, 0.15) is 63.5 Å². The molecule has 4 saturated carbocycles. The second-order valence-corrected chi connectivity index (χ2v) is 12.1. The molecule has 2 heterocycles. The lowest BCUT2D eigenvalue weighted by atomic mass is 9.34. The molecular formula is C26H35NO4. The van der Waals surface area contributed by atoms with E-state index in [9.17, 15) is 10.2 Å². The van der Waals surface area contributed by atoms with Gasteiger partial charge in [0.15, 0.2) is 11.5 Å². The number of fused-ring (bicyclic) bond motifs is 2. The molecule has 5 fully saturated rings. The number of hydrogen-bond acceptors (Lipinski definition) is 5. The van der Waals surface area contributed by atoms with Gasteiger partial charge < -0.3 is 19.7 Å². The summed E-state index contributed by atoms with van der Waals surface area (Å²) in [5, 5.41) is 22.2. The summed E-state index contributed by atoms with van der Waals surface area (Å²) in [4.78, 5) is 2.81. The molecule has 2 aliphatic heterocycles. The zero-order valence-electron chi connectivity index (χ0n) is 19.0. The van der Waals surface area contributed by atoms with Crippen LogP contribution in [0, 0.1) is 17.3 Å². The molecule has 2 spiro atoms. The number of aliphatic hydroxyl groups is 1. The lowest BCUT2D eigenvalue weighted by Gasteiger charge is -2.75. The topological polar surface area (TPSA) is 62.2 Å². The molecular weight excluding hydrogens is 390 g/mol. The molecule has 2 N–H and O–H groups in total. The van der Waals surface area contributed by atoms with Crippen molar-refractivity contribution in [3.05, 3.63) is 23.3 Å². The fourth-order valence-electron chi connectivity index (χ4n) is 9.23. The average Bonchev–Trinajstić information content (AvgIpc) is 3.47. The minimum Gasteiger partial charge on any atom is -0.504 e. The van der Waals surface area contributed by atoms with E-state index in [4.69, 9.17) is 9.47 Å². The molecule has 0 radical (unpaired) electrons. The summed E-state index contributed by atoms with van der Waals surface area (Å²) in [5.74, 6) is 1.86. The summed E-state index contributed by atoms with van der Waals surface area (Å²) in [7, 11) is 1.81. The SMILES string of the molecule is COC12CCC3(C[C@@H]1C(C)(C)O)C1Cc4ccc(O)c5c4[C@@]3(CCN1CC1CC1)C2O5. The highest BCUT2D eigenvalue weighted by atomic mass is 16.6. The van der Waals surface area contributed by atoms with Gasteiger partial charge in [-0.25, -0.2) is 0 Å². The first-order chi connectivity index (χ1) is 14.8. The summed E-state index contributed by atoms with van der Waals surface area (Å²) < 4.78 is 13.2. The number of aromatic hydroxyl groups is 1. The van der Waals surface area contributed by atoms with Crippen LogP contribution in [0.4, 0.5) is 0 Å². The number of piperidine rings is 1. The predicted octanol–water partition coefficient (Wildman–Crippen LogP) is 3.39. The minimum atomic E-state index is -0.846. The normalized spacial score (nSPS) is 44.8. The Kier molecular flexibility index (Phi) is 3.47. The Labute approximate surface area is 184 Å².